The summed E-state index contributed by atoms with van der Waals surface area (Å²) in [7, 11) is 0. The van der Waals surface area contributed by atoms with Crippen molar-refractivity contribution in [2.75, 3.05) is 19.7 Å². The van der Waals surface area contributed by atoms with Crippen molar-refractivity contribution in [3.8, 4) is 5.75 Å². The summed E-state index contributed by atoms with van der Waals surface area (Å²) in [6.07, 6.45) is 0.715. The summed E-state index contributed by atoms with van der Waals surface area (Å²) in [5, 5.41) is 3.11. The van der Waals surface area contributed by atoms with E-state index in [1.54, 1.807) is 18.7 Å². The standard InChI is InChI=1S/C24H33FN4O4/c1-14(2)21(25)24(32)28-11-9-15-7-8-19(29(15)23(31)17(26)13-28)22(30)27-18-10-12-33-20-6-4-3-5-16(18)20/h3-6,14-15,17-19,21H,7-13,26H2,1-2H3,(H,27,30)/t15-,17+,18-,19+,21-/m1/s1. The molecule has 3 heterocycles. The molecular formula is C24H33FN4O4. The number of ether oxygens (including phenoxy) is 1. The second kappa shape index (κ2) is 9.67. The highest BCUT2D eigenvalue weighted by Crippen LogP contribution is 2.33. The predicted molar refractivity (Wildman–Crippen MR) is 120 cm³/mol. The Hall–Kier alpha value is -2.68. The first-order chi connectivity index (χ1) is 15.8. The van der Waals surface area contributed by atoms with E-state index in [1.165, 1.54) is 4.90 Å². The van der Waals surface area contributed by atoms with Crippen LogP contribution in [0.1, 0.15) is 51.1 Å². The number of para-hydroxylation sites is 1. The van der Waals surface area contributed by atoms with Crippen molar-refractivity contribution in [1.29, 1.82) is 0 Å². The quantitative estimate of drug-likeness (QED) is 0.709. The van der Waals surface area contributed by atoms with Crippen molar-refractivity contribution in [3.63, 3.8) is 0 Å². The van der Waals surface area contributed by atoms with Gasteiger partial charge in [-0.25, -0.2) is 4.39 Å². The van der Waals surface area contributed by atoms with E-state index in [0.717, 1.165) is 11.3 Å². The van der Waals surface area contributed by atoms with Gasteiger partial charge in [-0.05, 0) is 31.2 Å². The van der Waals surface area contributed by atoms with Crippen LogP contribution >= 0.6 is 0 Å². The van der Waals surface area contributed by atoms with Gasteiger partial charge in [0.15, 0.2) is 6.17 Å². The topological polar surface area (TPSA) is 105 Å². The average Bonchev–Trinajstić information content (AvgIpc) is 3.23. The van der Waals surface area contributed by atoms with Crippen LogP contribution in [0.5, 0.6) is 5.75 Å². The molecule has 5 atom stereocenters. The lowest BCUT2D eigenvalue weighted by molar-refractivity contribution is -0.146. The molecule has 0 saturated carbocycles. The fourth-order valence-electron chi connectivity index (χ4n) is 5.08. The van der Waals surface area contributed by atoms with E-state index in [4.69, 9.17) is 10.5 Å². The first-order valence-electron chi connectivity index (χ1n) is 11.8. The van der Waals surface area contributed by atoms with Gasteiger partial charge in [-0.3, -0.25) is 14.4 Å². The summed E-state index contributed by atoms with van der Waals surface area (Å²) in [5.41, 5.74) is 7.09. The molecule has 9 heteroatoms. The smallest absolute Gasteiger partial charge is 0.257 e. The van der Waals surface area contributed by atoms with Gasteiger partial charge in [0.05, 0.1) is 12.6 Å². The van der Waals surface area contributed by atoms with Crippen molar-refractivity contribution in [1.82, 2.24) is 15.1 Å². The molecule has 4 rings (SSSR count). The van der Waals surface area contributed by atoms with Crippen LogP contribution in [-0.4, -0.2) is 71.5 Å². The third kappa shape index (κ3) is 4.69. The molecule has 2 saturated heterocycles. The summed E-state index contributed by atoms with van der Waals surface area (Å²) in [6.45, 7) is 4.08. The highest BCUT2D eigenvalue weighted by molar-refractivity contribution is 5.91. The van der Waals surface area contributed by atoms with E-state index in [9.17, 15) is 18.8 Å². The van der Waals surface area contributed by atoms with Crippen molar-refractivity contribution >= 4 is 17.7 Å². The van der Waals surface area contributed by atoms with Crippen molar-refractivity contribution in [3.05, 3.63) is 29.8 Å². The number of hydrogen-bond acceptors (Lipinski definition) is 5. The first-order valence-corrected chi connectivity index (χ1v) is 11.8. The summed E-state index contributed by atoms with van der Waals surface area (Å²) < 4.78 is 20.0. The lowest BCUT2D eigenvalue weighted by Crippen LogP contribution is -2.60. The lowest BCUT2D eigenvalue weighted by Gasteiger charge is -2.38. The van der Waals surface area contributed by atoms with Gasteiger partial charge < -0.3 is 25.6 Å². The molecule has 3 aliphatic rings. The number of nitrogens with zero attached hydrogens (tertiary/aromatic N) is 2. The summed E-state index contributed by atoms with van der Waals surface area (Å²) >= 11 is 0. The highest BCUT2D eigenvalue weighted by atomic mass is 19.1. The molecular weight excluding hydrogens is 427 g/mol. The Kier molecular flexibility index (Phi) is 6.88. The summed E-state index contributed by atoms with van der Waals surface area (Å²) in [4.78, 5) is 42.0. The number of benzene rings is 1. The number of carbonyl (C=O) groups is 3. The number of hydrogen-bond donors (Lipinski definition) is 2. The Morgan fingerprint density at radius 2 is 1.94 bits per heavy atom. The van der Waals surface area contributed by atoms with Gasteiger partial charge in [-0.1, -0.05) is 32.0 Å². The minimum absolute atomic E-state index is 0.0459. The Morgan fingerprint density at radius 1 is 1.18 bits per heavy atom. The minimum atomic E-state index is -1.62. The van der Waals surface area contributed by atoms with Crippen LogP contribution in [-0.2, 0) is 14.4 Å². The van der Waals surface area contributed by atoms with Crippen molar-refractivity contribution in [2.45, 2.75) is 69.9 Å². The van der Waals surface area contributed by atoms with E-state index in [2.05, 4.69) is 5.32 Å². The molecule has 3 N–H and O–H groups in total. The van der Waals surface area contributed by atoms with Gasteiger partial charge in [0, 0.05) is 31.1 Å². The molecule has 0 radical (unpaired) electrons. The number of amides is 3. The number of alkyl halides is 1. The zero-order valence-electron chi connectivity index (χ0n) is 19.2. The molecule has 3 amide bonds. The van der Waals surface area contributed by atoms with Crippen LogP contribution < -0.4 is 15.8 Å². The van der Waals surface area contributed by atoms with Crippen LogP contribution in [0.25, 0.3) is 0 Å². The first kappa shape index (κ1) is 23.5. The number of fused-ring (bicyclic) bond motifs is 2. The molecule has 3 aliphatic heterocycles. The van der Waals surface area contributed by atoms with E-state index >= 15 is 0 Å². The third-order valence-electron chi connectivity index (χ3n) is 6.93. The Labute approximate surface area is 193 Å². The molecule has 1 aromatic carbocycles. The minimum Gasteiger partial charge on any atom is -0.493 e. The lowest BCUT2D eigenvalue weighted by atomic mass is 10.00. The molecule has 0 aliphatic carbocycles. The third-order valence-corrected chi connectivity index (χ3v) is 6.93. The average molecular weight is 461 g/mol. The second-order valence-electron chi connectivity index (χ2n) is 9.55. The SMILES string of the molecule is CC(C)[C@@H](F)C(=O)N1CC[C@H]2CC[C@@H](C(=O)N[C@@H]3CCOc4ccccc43)N2C(=O)[C@@H](N)C1. The zero-order chi connectivity index (χ0) is 23.7. The Balaban J connectivity index is 1.46. The predicted octanol–water partition coefficient (Wildman–Crippen LogP) is 1.54. The highest BCUT2D eigenvalue weighted by Gasteiger charge is 2.45. The number of nitrogens with one attached hydrogen (secondary N) is 1. The Bertz CT molecular complexity index is 910. The van der Waals surface area contributed by atoms with Crippen LogP contribution in [0.2, 0.25) is 0 Å². The molecule has 0 unspecified atom stereocenters. The van der Waals surface area contributed by atoms with Crippen molar-refractivity contribution in [2.24, 2.45) is 11.7 Å². The number of rotatable bonds is 4. The molecule has 0 aromatic heterocycles. The maximum Gasteiger partial charge on any atom is 0.257 e. The monoisotopic (exact) mass is 460 g/mol. The van der Waals surface area contributed by atoms with Crippen molar-refractivity contribution < 1.29 is 23.5 Å². The van der Waals surface area contributed by atoms with Crippen LogP contribution in [0, 0.1) is 5.92 Å². The van der Waals surface area contributed by atoms with Gasteiger partial charge in [-0.15, -0.1) is 0 Å². The van der Waals surface area contributed by atoms with Crippen LogP contribution in [0.4, 0.5) is 4.39 Å². The largest absolute Gasteiger partial charge is 0.493 e. The maximum absolute atomic E-state index is 14.3. The zero-order valence-corrected chi connectivity index (χ0v) is 19.2. The molecule has 1 aromatic rings. The van der Waals surface area contributed by atoms with Gasteiger partial charge in [-0.2, -0.15) is 0 Å². The maximum atomic E-state index is 14.3. The normalized spacial score (nSPS) is 28.3. The second-order valence-corrected chi connectivity index (χ2v) is 9.55. The van der Waals surface area contributed by atoms with E-state index < -0.39 is 30.1 Å². The summed E-state index contributed by atoms with van der Waals surface area (Å²) in [6, 6.07) is 5.66. The van der Waals surface area contributed by atoms with Crippen LogP contribution in [0.3, 0.4) is 0 Å². The number of nitrogens with two attached hydrogens (primary N) is 1. The summed E-state index contributed by atoms with van der Waals surface area (Å²) in [5.74, 6) is -0.854. The van der Waals surface area contributed by atoms with E-state index in [-0.39, 0.29) is 30.4 Å². The number of halogens is 1. The number of carbonyl (C=O) groups excluding carboxylic acids is 3. The molecule has 2 fully saturated rings. The van der Waals surface area contributed by atoms with Crippen LogP contribution in [0.15, 0.2) is 24.3 Å². The van der Waals surface area contributed by atoms with E-state index in [1.807, 2.05) is 24.3 Å². The molecule has 0 spiro atoms. The van der Waals surface area contributed by atoms with Gasteiger partial charge in [0.1, 0.15) is 17.8 Å². The van der Waals surface area contributed by atoms with E-state index in [0.29, 0.717) is 38.8 Å². The van der Waals surface area contributed by atoms with Gasteiger partial charge in [0.2, 0.25) is 11.8 Å². The molecule has 8 nitrogen and oxygen atoms in total. The molecule has 0 bridgehead atoms. The molecule has 33 heavy (non-hydrogen) atoms. The van der Waals surface area contributed by atoms with Gasteiger partial charge in [0.25, 0.3) is 5.91 Å². The fourth-order valence-corrected chi connectivity index (χ4v) is 5.08. The molecule has 180 valence electrons. The Morgan fingerprint density at radius 3 is 2.70 bits per heavy atom. The fraction of sp³-hybridized carbons (Fsp3) is 0.625. The van der Waals surface area contributed by atoms with Gasteiger partial charge >= 0.3 is 0 Å².